The van der Waals surface area contributed by atoms with Gasteiger partial charge in [-0.2, -0.15) is 0 Å². The molecule has 1 aliphatic heterocycles. The average molecular weight is 427 g/mol. The summed E-state index contributed by atoms with van der Waals surface area (Å²) in [7, 11) is 0. The maximum Gasteiger partial charge on any atom is 0.273 e. The van der Waals surface area contributed by atoms with Gasteiger partial charge in [0.2, 0.25) is 0 Å². The van der Waals surface area contributed by atoms with Crippen molar-refractivity contribution in [2.24, 2.45) is 0 Å². The van der Waals surface area contributed by atoms with E-state index in [9.17, 15) is 9.59 Å². The molecule has 0 saturated carbocycles. The quantitative estimate of drug-likeness (QED) is 0.185. The standard InChI is InChI=1S/C24H14N2O2S2/c27-22(15-9-11-25-12-10-15)26-23(28)21(30-24(26)29)14-20-18-7-3-1-5-16(18)13-17-6-2-4-8-19(17)20/h1-14H/b21-14-. The molecule has 0 spiro atoms. The lowest BCUT2D eigenvalue weighted by atomic mass is 9.96. The van der Waals surface area contributed by atoms with Crippen molar-refractivity contribution >= 4 is 67.7 Å². The highest BCUT2D eigenvalue weighted by molar-refractivity contribution is 8.26. The number of hydrogen-bond donors (Lipinski definition) is 0. The Hall–Kier alpha value is -3.35. The lowest BCUT2D eigenvalue weighted by molar-refractivity contribution is -0.120. The minimum Gasteiger partial charge on any atom is -0.268 e. The van der Waals surface area contributed by atoms with Crippen LogP contribution in [0.3, 0.4) is 0 Å². The number of amides is 2. The third-order valence-corrected chi connectivity index (χ3v) is 6.31. The van der Waals surface area contributed by atoms with Gasteiger partial charge in [0.1, 0.15) is 0 Å². The Balaban J connectivity index is 1.64. The molecule has 2 amide bonds. The van der Waals surface area contributed by atoms with Crippen LogP contribution in [-0.2, 0) is 4.79 Å². The predicted molar refractivity (Wildman–Crippen MR) is 125 cm³/mol. The van der Waals surface area contributed by atoms with Crippen LogP contribution in [0.15, 0.2) is 84.0 Å². The minimum absolute atomic E-state index is 0.234. The van der Waals surface area contributed by atoms with Crippen molar-refractivity contribution in [3.05, 3.63) is 95.2 Å². The van der Waals surface area contributed by atoms with Gasteiger partial charge in [-0.05, 0) is 51.4 Å². The number of thiocarbonyl (C=S) groups is 1. The van der Waals surface area contributed by atoms with Crippen LogP contribution in [0.2, 0.25) is 0 Å². The van der Waals surface area contributed by atoms with Gasteiger partial charge in [-0.25, -0.2) is 4.90 Å². The SMILES string of the molecule is O=C1/C(=C/c2c3ccccc3cc3ccccc23)SC(=S)N1C(=O)c1ccncc1. The lowest BCUT2D eigenvalue weighted by Crippen LogP contribution is -2.34. The first kappa shape index (κ1) is 18.7. The summed E-state index contributed by atoms with van der Waals surface area (Å²) in [5.74, 6) is -0.838. The van der Waals surface area contributed by atoms with Crippen LogP contribution < -0.4 is 0 Å². The molecule has 0 unspecified atom stereocenters. The van der Waals surface area contributed by atoms with E-state index in [0.717, 1.165) is 43.8 Å². The molecule has 4 aromatic rings. The molecule has 144 valence electrons. The van der Waals surface area contributed by atoms with E-state index in [2.05, 4.69) is 23.2 Å². The molecule has 1 fully saturated rings. The van der Waals surface area contributed by atoms with Crippen molar-refractivity contribution in [3.63, 3.8) is 0 Å². The van der Waals surface area contributed by atoms with Crippen LogP contribution in [0.1, 0.15) is 15.9 Å². The van der Waals surface area contributed by atoms with E-state index in [-0.39, 0.29) is 4.32 Å². The number of thioether (sulfide) groups is 1. The second-order valence-corrected chi connectivity index (χ2v) is 8.47. The zero-order valence-electron chi connectivity index (χ0n) is 15.6. The fourth-order valence-electron chi connectivity index (χ4n) is 3.60. The van der Waals surface area contributed by atoms with Crippen LogP contribution in [0, 0.1) is 0 Å². The van der Waals surface area contributed by atoms with Gasteiger partial charge < -0.3 is 0 Å². The number of benzene rings is 3. The molecule has 0 radical (unpaired) electrons. The number of pyridine rings is 1. The zero-order valence-corrected chi connectivity index (χ0v) is 17.2. The summed E-state index contributed by atoms with van der Waals surface area (Å²) in [6, 6.07) is 21.4. The fourth-order valence-corrected chi connectivity index (χ4v) is 4.84. The molecule has 2 heterocycles. The van der Waals surface area contributed by atoms with Gasteiger partial charge in [-0.3, -0.25) is 14.6 Å². The zero-order chi connectivity index (χ0) is 20.7. The maximum atomic E-state index is 13.1. The highest BCUT2D eigenvalue weighted by Gasteiger charge is 2.37. The molecule has 3 aromatic carbocycles. The molecule has 5 rings (SSSR count). The Kier molecular flexibility index (Phi) is 4.65. The summed E-state index contributed by atoms with van der Waals surface area (Å²) >= 11 is 6.52. The van der Waals surface area contributed by atoms with E-state index in [1.807, 2.05) is 42.5 Å². The Bertz CT molecular complexity index is 1330. The highest BCUT2D eigenvalue weighted by Crippen LogP contribution is 2.37. The van der Waals surface area contributed by atoms with E-state index in [1.54, 1.807) is 12.1 Å². The predicted octanol–water partition coefficient (Wildman–Crippen LogP) is 5.43. The Labute approximate surface area is 182 Å². The fraction of sp³-hybridized carbons (Fsp3) is 0. The Morgan fingerprint density at radius 1 is 0.933 bits per heavy atom. The minimum atomic E-state index is -0.439. The smallest absolute Gasteiger partial charge is 0.268 e. The second-order valence-electron chi connectivity index (χ2n) is 6.79. The number of hydrogen-bond acceptors (Lipinski definition) is 5. The monoisotopic (exact) mass is 426 g/mol. The molecule has 0 atom stereocenters. The molecule has 1 saturated heterocycles. The summed E-state index contributed by atoms with van der Waals surface area (Å²) < 4.78 is 0.234. The third kappa shape index (κ3) is 3.10. The molecule has 1 aromatic heterocycles. The molecule has 0 N–H and O–H groups in total. The third-order valence-electron chi connectivity index (χ3n) is 5.01. The van der Waals surface area contributed by atoms with E-state index in [1.165, 1.54) is 12.4 Å². The Morgan fingerprint density at radius 2 is 1.53 bits per heavy atom. The average Bonchev–Trinajstić information content (AvgIpc) is 3.06. The highest BCUT2D eigenvalue weighted by atomic mass is 32.2. The summed E-state index contributed by atoms with van der Waals surface area (Å²) in [4.78, 5) is 31.4. The number of fused-ring (bicyclic) bond motifs is 2. The van der Waals surface area contributed by atoms with Gasteiger partial charge in [0, 0.05) is 18.0 Å². The van der Waals surface area contributed by atoms with E-state index >= 15 is 0 Å². The number of imide groups is 1. The summed E-state index contributed by atoms with van der Waals surface area (Å²) in [5.41, 5.74) is 1.32. The summed E-state index contributed by atoms with van der Waals surface area (Å²) in [5, 5.41) is 4.26. The van der Waals surface area contributed by atoms with Gasteiger partial charge in [-0.15, -0.1) is 0 Å². The number of aromatic nitrogens is 1. The van der Waals surface area contributed by atoms with Crippen molar-refractivity contribution in [2.45, 2.75) is 0 Å². The number of rotatable bonds is 2. The summed E-state index contributed by atoms with van der Waals surface area (Å²) in [6.07, 6.45) is 4.88. The van der Waals surface area contributed by atoms with Crippen LogP contribution >= 0.6 is 24.0 Å². The van der Waals surface area contributed by atoms with Crippen LogP contribution in [-0.4, -0.2) is 26.0 Å². The molecule has 1 aliphatic rings. The normalized spacial score (nSPS) is 15.5. The van der Waals surface area contributed by atoms with Gasteiger partial charge in [0.05, 0.1) is 4.91 Å². The Morgan fingerprint density at radius 3 is 2.17 bits per heavy atom. The number of carbonyl (C=O) groups is 2. The van der Waals surface area contributed by atoms with E-state index in [0.29, 0.717) is 10.5 Å². The molecule has 0 aliphatic carbocycles. The summed E-state index contributed by atoms with van der Waals surface area (Å²) in [6.45, 7) is 0. The maximum absolute atomic E-state index is 13.1. The van der Waals surface area contributed by atoms with E-state index < -0.39 is 11.8 Å². The van der Waals surface area contributed by atoms with Gasteiger partial charge in [0.25, 0.3) is 11.8 Å². The topological polar surface area (TPSA) is 50.3 Å². The first-order chi connectivity index (χ1) is 14.6. The van der Waals surface area contributed by atoms with Crippen molar-refractivity contribution in [1.29, 1.82) is 0 Å². The second kappa shape index (κ2) is 7.48. The molecular weight excluding hydrogens is 412 g/mol. The largest absolute Gasteiger partial charge is 0.273 e. The van der Waals surface area contributed by atoms with Crippen LogP contribution in [0.4, 0.5) is 0 Å². The number of nitrogens with zero attached hydrogens (tertiary/aromatic N) is 2. The van der Waals surface area contributed by atoms with Crippen molar-refractivity contribution in [3.8, 4) is 0 Å². The molecule has 0 bridgehead atoms. The van der Waals surface area contributed by atoms with E-state index in [4.69, 9.17) is 12.2 Å². The van der Waals surface area contributed by atoms with Crippen LogP contribution in [0.5, 0.6) is 0 Å². The van der Waals surface area contributed by atoms with Gasteiger partial charge >= 0.3 is 0 Å². The molecular formula is C24H14N2O2S2. The van der Waals surface area contributed by atoms with Crippen molar-refractivity contribution in [2.75, 3.05) is 0 Å². The first-order valence-electron chi connectivity index (χ1n) is 9.26. The van der Waals surface area contributed by atoms with Crippen molar-refractivity contribution in [1.82, 2.24) is 9.88 Å². The first-order valence-corrected chi connectivity index (χ1v) is 10.5. The number of carbonyl (C=O) groups excluding carboxylic acids is 2. The van der Waals surface area contributed by atoms with Gasteiger partial charge in [-0.1, -0.05) is 72.5 Å². The molecule has 4 nitrogen and oxygen atoms in total. The van der Waals surface area contributed by atoms with Crippen LogP contribution in [0.25, 0.3) is 27.6 Å². The molecule has 6 heteroatoms. The van der Waals surface area contributed by atoms with Gasteiger partial charge in [0.15, 0.2) is 4.32 Å². The molecule has 30 heavy (non-hydrogen) atoms. The lowest BCUT2D eigenvalue weighted by Gasteiger charge is -2.12. The van der Waals surface area contributed by atoms with Crippen molar-refractivity contribution < 1.29 is 9.59 Å².